The number of halogens is 2. The van der Waals surface area contributed by atoms with Gasteiger partial charge in [0.15, 0.2) is 0 Å². The number of likely N-dealkylation sites (tertiary alicyclic amines) is 1. The molecule has 1 aliphatic heterocycles. The number of nitrogens with zero attached hydrogens (tertiary/aromatic N) is 6. The second-order valence-corrected chi connectivity index (χ2v) is 11.6. The van der Waals surface area contributed by atoms with Gasteiger partial charge in [-0.15, -0.1) is 21.5 Å². The van der Waals surface area contributed by atoms with Gasteiger partial charge in [0.25, 0.3) is 12.3 Å². The van der Waals surface area contributed by atoms with Gasteiger partial charge in [0, 0.05) is 53.2 Å². The van der Waals surface area contributed by atoms with Crippen molar-refractivity contribution in [1.82, 2.24) is 30.0 Å². The molecule has 0 radical (unpaired) electrons. The van der Waals surface area contributed by atoms with Gasteiger partial charge in [0.05, 0.1) is 30.9 Å². The first-order valence-electron chi connectivity index (χ1n) is 13.0. The van der Waals surface area contributed by atoms with E-state index in [2.05, 4.69) is 42.3 Å². The topological polar surface area (TPSA) is 123 Å². The number of pyridine rings is 2. The maximum absolute atomic E-state index is 13.6. The molecule has 2 amide bonds. The lowest BCUT2D eigenvalue weighted by atomic mass is 9.99. The van der Waals surface area contributed by atoms with Crippen molar-refractivity contribution < 1.29 is 23.1 Å². The predicted octanol–water partition coefficient (Wildman–Crippen LogP) is 4.90. The Bertz CT molecular complexity index is 1700. The average Bonchev–Trinajstić information content (AvgIpc) is 3.33. The number of thiazole rings is 1. The zero-order chi connectivity index (χ0) is 29.2. The van der Waals surface area contributed by atoms with E-state index < -0.39 is 18.0 Å². The quantitative estimate of drug-likeness (QED) is 0.281. The number of alkyl halides is 2. The smallest absolute Gasteiger partial charge is 0.280 e. The highest BCUT2D eigenvalue weighted by molar-refractivity contribution is 7.15. The summed E-state index contributed by atoms with van der Waals surface area (Å²) in [6, 6.07) is 2.72. The minimum Gasteiger partial charge on any atom is -0.494 e. The zero-order valence-electron chi connectivity index (χ0n) is 22.2. The van der Waals surface area contributed by atoms with Crippen LogP contribution in [-0.4, -0.2) is 62.1 Å². The van der Waals surface area contributed by atoms with E-state index in [1.165, 1.54) is 47.9 Å². The molecule has 1 saturated carbocycles. The summed E-state index contributed by atoms with van der Waals surface area (Å²) in [6.07, 6.45) is 3.80. The van der Waals surface area contributed by atoms with Gasteiger partial charge < -0.3 is 9.64 Å². The molecule has 0 bridgehead atoms. The van der Waals surface area contributed by atoms with Gasteiger partial charge in [-0.1, -0.05) is 17.3 Å². The molecule has 0 spiro atoms. The Morgan fingerprint density at radius 1 is 1.19 bits per heavy atom. The number of anilines is 1. The Morgan fingerprint density at radius 3 is 2.81 bits per heavy atom. The van der Waals surface area contributed by atoms with Crippen molar-refractivity contribution in [1.29, 1.82) is 0 Å². The first-order chi connectivity index (χ1) is 20.4. The third-order valence-electron chi connectivity index (χ3n) is 7.01. The third kappa shape index (κ3) is 5.83. The third-order valence-corrected chi connectivity index (χ3v) is 8.89. The number of carbonyl (C=O) groups excluding carboxylic acids is 2. The molecule has 10 nitrogen and oxygen atoms in total. The summed E-state index contributed by atoms with van der Waals surface area (Å²) in [7, 11) is 1.39. The molecule has 1 N–H and O–H groups in total. The van der Waals surface area contributed by atoms with Crippen LogP contribution in [0.4, 0.5) is 13.9 Å². The molecule has 14 heteroatoms. The van der Waals surface area contributed by atoms with Gasteiger partial charge in [0.1, 0.15) is 22.1 Å². The van der Waals surface area contributed by atoms with E-state index >= 15 is 0 Å². The lowest BCUT2D eigenvalue weighted by Gasteiger charge is -2.14. The number of hydrogen-bond donors (Lipinski definition) is 1. The first kappa shape index (κ1) is 27.8. The maximum Gasteiger partial charge on any atom is 0.280 e. The molecule has 5 heterocycles. The van der Waals surface area contributed by atoms with Crippen LogP contribution < -0.4 is 10.1 Å². The minimum atomic E-state index is -2.83. The highest BCUT2D eigenvalue weighted by atomic mass is 32.1. The number of carbonyl (C=O) groups is 2. The SMILES string of the molecule is COc1cnc(C(F)F)cc1-c1cc(C#CCN2CCCC2=O)ncc1C(=O)Nc1nnc(C2C[C@@H]2c2cncs2)s1. The fraction of sp³-hybridized carbons (Fsp3) is 0.321. The largest absolute Gasteiger partial charge is 0.494 e. The minimum absolute atomic E-state index is 0.0478. The highest BCUT2D eigenvalue weighted by Crippen LogP contribution is 2.56. The lowest BCUT2D eigenvalue weighted by Crippen LogP contribution is -2.24. The van der Waals surface area contributed by atoms with Crippen LogP contribution in [0.15, 0.2) is 36.2 Å². The fourth-order valence-corrected chi connectivity index (χ4v) is 6.48. The van der Waals surface area contributed by atoms with E-state index in [9.17, 15) is 18.4 Å². The van der Waals surface area contributed by atoms with E-state index in [1.54, 1.807) is 21.7 Å². The maximum atomic E-state index is 13.6. The number of methoxy groups -OCH3 is 1. The van der Waals surface area contributed by atoms with Crippen LogP contribution in [0.5, 0.6) is 5.75 Å². The Balaban J connectivity index is 1.29. The van der Waals surface area contributed by atoms with Crippen molar-refractivity contribution in [3.63, 3.8) is 0 Å². The Hall–Kier alpha value is -4.35. The van der Waals surface area contributed by atoms with Crippen LogP contribution in [0.1, 0.15) is 69.2 Å². The van der Waals surface area contributed by atoms with Crippen molar-refractivity contribution in [2.75, 3.05) is 25.5 Å². The van der Waals surface area contributed by atoms with Gasteiger partial charge in [-0.3, -0.25) is 24.9 Å². The zero-order valence-corrected chi connectivity index (χ0v) is 23.8. The van der Waals surface area contributed by atoms with Crippen molar-refractivity contribution in [2.45, 2.75) is 37.5 Å². The molecule has 0 aromatic carbocycles. The summed E-state index contributed by atoms with van der Waals surface area (Å²) < 4.78 is 32.6. The van der Waals surface area contributed by atoms with E-state index in [4.69, 9.17) is 4.74 Å². The molecular weight excluding hydrogens is 584 g/mol. The molecule has 2 fully saturated rings. The molecule has 6 rings (SSSR count). The Labute approximate surface area is 247 Å². The molecular formula is C28H23F2N7O3S2. The second-order valence-electron chi connectivity index (χ2n) is 9.70. The molecule has 4 aromatic heterocycles. The molecule has 1 aliphatic carbocycles. The van der Waals surface area contributed by atoms with Gasteiger partial charge in [-0.25, -0.2) is 13.8 Å². The molecule has 2 atom stereocenters. The monoisotopic (exact) mass is 607 g/mol. The van der Waals surface area contributed by atoms with Gasteiger partial charge >= 0.3 is 0 Å². The summed E-state index contributed by atoms with van der Waals surface area (Å²) in [5.41, 5.74) is 2.24. The highest BCUT2D eigenvalue weighted by Gasteiger charge is 2.43. The van der Waals surface area contributed by atoms with Crippen LogP contribution in [0.3, 0.4) is 0 Å². The average molecular weight is 608 g/mol. The standard InChI is InChI=1S/C28H23F2N7O3S2/c1-40-22-12-33-21(25(29)30)10-17(22)16-8-15(4-2-6-37-7-3-5-24(37)38)32-11-20(16)26(39)34-28-36-35-27(42-28)19-9-18(19)23-13-31-14-41-23/h8,10-14,18-19,25H,3,5-7,9H2,1H3,(H,34,36,39)/t18-,19?/m0/s1. The van der Waals surface area contributed by atoms with E-state index in [0.29, 0.717) is 29.7 Å². The number of rotatable bonds is 8. The fourth-order valence-electron chi connectivity index (χ4n) is 4.77. The van der Waals surface area contributed by atoms with E-state index in [0.717, 1.165) is 17.8 Å². The summed E-state index contributed by atoms with van der Waals surface area (Å²) >= 11 is 2.90. The molecule has 1 saturated heterocycles. The lowest BCUT2D eigenvalue weighted by molar-refractivity contribution is -0.127. The van der Waals surface area contributed by atoms with Crippen LogP contribution in [0, 0.1) is 11.8 Å². The van der Waals surface area contributed by atoms with Crippen LogP contribution in [0.2, 0.25) is 0 Å². The van der Waals surface area contributed by atoms with Crippen molar-refractivity contribution in [2.24, 2.45) is 0 Å². The molecule has 1 unspecified atom stereocenters. The van der Waals surface area contributed by atoms with Crippen molar-refractivity contribution >= 4 is 39.6 Å². The molecule has 4 aromatic rings. The van der Waals surface area contributed by atoms with E-state index in [1.807, 2.05) is 6.20 Å². The van der Waals surface area contributed by atoms with Gasteiger partial charge in [-0.05, 0) is 30.9 Å². The van der Waals surface area contributed by atoms with Crippen molar-refractivity contribution in [3.05, 3.63) is 63.1 Å². The first-order valence-corrected chi connectivity index (χ1v) is 14.7. The Kier molecular flexibility index (Phi) is 7.86. The van der Waals surface area contributed by atoms with Gasteiger partial charge in [0.2, 0.25) is 11.0 Å². The molecule has 214 valence electrons. The normalized spacial score (nSPS) is 17.7. The number of ether oxygens (including phenoxy) is 1. The van der Waals surface area contributed by atoms with Crippen molar-refractivity contribution in [3.8, 4) is 28.7 Å². The van der Waals surface area contributed by atoms with Crippen LogP contribution >= 0.6 is 22.7 Å². The Morgan fingerprint density at radius 2 is 2.07 bits per heavy atom. The molecule has 2 aliphatic rings. The van der Waals surface area contributed by atoms with E-state index in [-0.39, 0.29) is 40.8 Å². The summed E-state index contributed by atoms with van der Waals surface area (Å²) in [5.74, 6) is 6.14. The number of amides is 2. The summed E-state index contributed by atoms with van der Waals surface area (Å²) in [6.45, 7) is 0.895. The van der Waals surface area contributed by atoms with Crippen LogP contribution in [-0.2, 0) is 4.79 Å². The summed E-state index contributed by atoms with van der Waals surface area (Å²) in [4.78, 5) is 40.5. The number of hydrogen-bond acceptors (Lipinski definition) is 10. The van der Waals surface area contributed by atoms with Gasteiger partial charge in [-0.2, -0.15) is 0 Å². The molecule has 42 heavy (non-hydrogen) atoms. The predicted molar refractivity (Wildman–Crippen MR) is 152 cm³/mol. The summed E-state index contributed by atoms with van der Waals surface area (Å²) in [5, 5.41) is 12.3. The number of nitrogens with one attached hydrogen (secondary N) is 1. The van der Waals surface area contributed by atoms with Crippen LogP contribution in [0.25, 0.3) is 11.1 Å². The second kappa shape index (κ2) is 11.9. The number of aromatic nitrogens is 5.